The second-order valence-electron chi connectivity index (χ2n) is 9.45. The lowest BCUT2D eigenvalue weighted by molar-refractivity contribution is -0.123. The van der Waals surface area contributed by atoms with E-state index in [9.17, 15) is 14.0 Å². The maximum absolute atomic E-state index is 13.8. The zero-order valence-corrected chi connectivity index (χ0v) is 23.1. The summed E-state index contributed by atoms with van der Waals surface area (Å²) < 4.78 is 30.8. The fourth-order valence-corrected chi connectivity index (χ4v) is 5.79. The van der Waals surface area contributed by atoms with Gasteiger partial charge in [0.2, 0.25) is 0 Å². The molecule has 0 spiro atoms. The topological polar surface area (TPSA) is 89.5 Å². The lowest BCUT2D eigenvalue weighted by atomic mass is 10.1. The summed E-state index contributed by atoms with van der Waals surface area (Å²) in [5, 5.41) is 8.90. The number of para-hydroxylation sites is 1. The molecule has 2 amide bonds. The molecular weight excluding hydrogens is 533 g/mol. The van der Waals surface area contributed by atoms with Gasteiger partial charge in [-0.25, -0.2) is 9.40 Å². The summed E-state index contributed by atoms with van der Waals surface area (Å²) in [7, 11) is 1.51. The Morgan fingerprint density at radius 1 is 1.12 bits per heavy atom. The normalized spacial score (nSPS) is 18.4. The molecule has 0 aromatic heterocycles. The number of hydrogen-bond acceptors (Lipinski definition) is 7. The van der Waals surface area contributed by atoms with Gasteiger partial charge in [-0.15, -0.1) is 0 Å². The molecule has 40 heavy (non-hydrogen) atoms. The number of nitrogens with zero attached hydrogens (tertiary/aromatic N) is 2. The number of aryl methyl sites for hydroxylation is 1. The summed E-state index contributed by atoms with van der Waals surface area (Å²) in [5.74, 6) is -0.148. The number of methoxy groups -OCH3 is 1. The molecule has 0 aliphatic carbocycles. The van der Waals surface area contributed by atoms with Crippen LogP contribution in [-0.4, -0.2) is 54.8 Å². The van der Waals surface area contributed by atoms with Crippen LogP contribution in [0.15, 0.2) is 71.8 Å². The standard InChI is InChI=1S/C30H30FN3O5S/c1-19-7-3-4-9-23(19)29(36)34-30(40-28(33-34)20-12-14-21(31)15-13-20)24-10-5-11-25(27(24)37-2)39-18-26(35)32-17-22-8-6-16-38-22/h3-5,7,9-15,22,30H,6,8,16-18H2,1-2H3,(H,32,35). The third kappa shape index (κ3) is 6.13. The van der Waals surface area contributed by atoms with E-state index in [1.807, 2.05) is 31.2 Å². The van der Waals surface area contributed by atoms with Crippen molar-refractivity contribution in [2.45, 2.75) is 31.2 Å². The number of rotatable bonds is 9. The van der Waals surface area contributed by atoms with E-state index in [1.54, 1.807) is 30.3 Å². The van der Waals surface area contributed by atoms with Crippen molar-refractivity contribution in [1.82, 2.24) is 10.3 Å². The van der Waals surface area contributed by atoms with Crippen molar-refractivity contribution >= 4 is 28.6 Å². The van der Waals surface area contributed by atoms with Gasteiger partial charge in [-0.1, -0.05) is 42.1 Å². The average Bonchev–Trinajstić information content (AvgIpc) is 3.66. The molecule has 3 aromatic carbocycles. The molecule has 2 unspecified atom stereocenters. The highest BCUT2D eigenvalue weighted by atomic mass is 32.2. The van der Waals surface area contributed by atoms with Crippen LogP contribution in [0.1, 0.15) is 45.3 Å². The molecular formula is C30H30FN3O5S. The second kappa shape index (κ2) is 12.5. The number of ether oxygens (including phenoxy) is 3. The van der Waals surface area contributed by atoms with Crippen molar-refractivity contribution in [2.24, 2.45) is 5.10 Å². The minimum atomic E-state index is -0.598. The number of carbonyl (C=O) groups excluding carboxylic acids is 2. The molecule has 5 rings (SSSR count). The van der Waals surface area contributed by atoms with Crippen LogP contribution in [0.25, 0.3) is 0 Å². The molecule has 0 radical (unpaired) electrons. The Balaban J connectivity index is 1.41. The van der Waals surface area contributed by atoms with Gasteiger partial charge < -0.3 is 19.5 Å². The van der Waals surface area contributed by atoms with Gasteiger partial charge in [0.1, 0.15) is 16.2 Å². The highest BCUT2D eigenvalue weighted by molar-refractivity contribution is 8.14. The molecule has 0 saturated carbocycles. The summed E-state index contributed by atoms with van der Waals surface area (Å²) in [4.78, 5) is 26.2. The highest BCUT2D eigenvalue weighted by Gasteiger charge is 2.37. The van der Waals surface area contributed by atoms with Crippen molar-refractivity contribution < 1.29 is 28.2 Å². The third-order valence-corrected chi connectivity index (χ3v) is 7.93. The lowest BCUT2D eigenvalue weighted by Crippen LogP contribution is -2.35. The molecule has 2 heterocycles. The summed E-state index contributed by atoms with van der Waals surface area (Å²) >= 11 is 1.35. The number of carbonyl (C=O) groups is 2. The van der Waals surface area contributed by atoms with Gasteiger partial charge in [0, 0.05) is 29.8 Å². The van der Waals surface area contributed by atoms with Crippen LogP contribution in [0.2, 0.25) is 0 Å². The molecule has 10 heteroatoms. The first kappa shape index (κ1) is 27.7. The zero-order valence-electron chi connectivity index (χ0n) is 22.3. The van der Waals surface area contributed by atoms with E-state index >= 15 is 0 Å². The van der Waals surface area contributed by atoms with Crippen LogP contribution in [0, 0.1) is 12.7 Å². The van der Waals surface area contributed by atoms with Gasteiger partial charge >= 0.3 is 0 Å². The first-order chi connectivity index (χ1) is 19.4. The Kier molecular flexibility index (Phi) is 8.66. The quantitative estimate of drug-likeness (QED) is 0.391. The minimum absolute atomic E-state index is 0.0354. The molecule has 2 aliphatic heterocycles. The SMILES string of the molecule is COc1c(OCC(=O)NCC2CCCO2)cccc1C1SC(c2ccc(F)cc2)=NN1C(=O)c1ccccc1C. The van der Waals surface area contributed by atoms with E-state index in [4.69, 9.17) is 14.2 Å². The Hall–Kier alpha value is -3.89. The van der Waals surface area contributed by atoms with Crippen LogP contribution < -0.4 is 14.8 Å². The summed E-state index contributed by atoms with van der Waals surface area (Å²) in [6.07, 6.45) is 1.96. The number of thioether (sulfide) groups is 1. The van der Waals surface area contributed by atoms with Crippen molar-refractivity contribution in [3.05, 3.63) is 94.8 Å². The van der Waals surface area contributed by atoms with Crippen LogP contribution >= 0.6 is 11.8 Å². The van der Waals surface area contributed by atoms with Crippen LogP contribution in [0.4, 0.5) is 4.39 Å². The largest absolute Gasteiger partial charge is 0.492 e. The molecule has 1 saturated heterocycles. The molecule has 3 aromatic rings. The van der Waals surface area contributed by atoms with Crippen LogP contribution in [0.5, 0.6) is 11.5 Å². The predicted octanol–water partition coefficient (Wildman–Crippen LogP) is 5.07. The van der Waals surface area contributed by atoms with E-state index in [-0.39, 0.29) is 30.3 Å². The number of nitrogens with one attached hydrogen (secondary N) is 1. The summed E-state index contributed by atoms with van der Waals surface area (Å²) in [6, 6.07) is 18.6. The van der Waals surface area contributed by atoms with E-state index in [2.05, 4.69) is 10.4 Å². The first-order valence-corrected chi connectivity index (χ1v) is 13.9. The average molecular weight is 564 g/mol. The maximum atomic E-state index is 13.8. The number of hydrogen-bond donors (Lipinski definition) is 1. The molecule has 1 fully saturated rings. The Morgan fingerprint density at radius 3 is 2.65 bits per heavy atom. The Bertz CT molecular complexity index is 1410. The predicted molar refractivity (Wildman–Crippen MR) is 151 cm³/mol. The third-order valence-electron chi connectivity index (χ3n) is 6.71. The van der Waals surface area contributed by atoms with Crippen molar-refractivity contribution in [3.63, 3.8) is 0 Å². The number of hydrazone groups is 1. The molecule has 0 bridgehead atoms. The smallest absolute Gasteiger partial charge is 0.275 e. The fraction of sp³-hybridized carbons (Fsp3) is 0.300. The van der Waals surface area contributed by atoms with Gasteiger partial charge in [0.25, 0.3) is 11.8 Å². The molecule has 8 nitrogen and oxygen atoms in total. The molecule has 1 N–H and O–H groups in total. The Morgan fingerprint density at radius 2 is 1.93 bits per heavy atom. The zero-order chi connectivity index (χ0) is 28.1. The highest BCUT2D eigenvalue weighted by Crippen LogP contribution is 2.47. The second-order valence-corrected chi connectivity index (χ2v) is 10.5. The van der Waals surface area contributed by atoms with E-state index in [0.29, 0.717) is 39.8 Å². The van der Waals surface area contributed by atoms with Gasteiger partial charge in [-0.05, 0) is 61.7 Å². The van der Waals surface area contributed by atoms with Crippen molar-refractivity contribution in [1.29, 1.82) is 0 Å². The van der Waals surface area contributed by atoms with Gasteiger partial charge in [-0.2, -0.15) is 5.10 Å². The summed E-state index contributed by atoms with van der Waals surface area (Å²) in [6.45, 7) is 2.83. The maximum Gasteiger partial charge on any atom is 0.275 e. The van der Waals surface area contributed by atoms with Gasteiger partial charge in [0.15, 0.2) is 18.1 Å². The van der Waals surface area contributed by atoms with Crippen molar-refractivity contribution in [3.8, 4) is 11.5 Å². The first-order valence-electron chi connectivity index (χ1n) is 13.0. The number of halogens is 1. The summed E-state index contributed by atoms with van der Waals surface area (Å²) in [5.41, 5.74) is 2.67. The number of benzene rings is 3. The minimum Gasteiger partial charge on any atom is -0.492 e. The molecule has 2 atom stereocenters. The van der Waals surface area contributed by atoms with Crippen molar-refractivity contribution in [2.75, 3.05) is 26.9 Å². The molecule has 208 valence electrons. The monoisotopic (exact) mass is 563 g/mol. The van der Waals surface area contributed by atoms with E-state index in [0.717, 1.165) is 25.0 Å². The van der Waals surface area contributed by atoms with Crippen LogP contribution in [-0.2, 0) is 9.53 Å². The lowest BCUT2D eigenvalue weighted by Gasteiger charge is -2.24. The van der Waals surface area contributed by atoms with Crippen LogP contribution in [0.3, 0.4) is 0 Å². The Labute approximate surface area is 236 Å². The van der Waals surface area contributed by atoms with Gasteiger partial charge in [-0.3, -0.25) is 9.59 Å². The van der Waals surface area contributed by atoms with E-state index < -0.39 is 5.37 Å². The van der Waals surface area contributed by atoms with Gasteiger partial charge in [0.05, 0.1) is 13.2 Å². The molecule has 2 aliphatic rings. The van der Waals surface area contributed by atoms with E-state index in [1.165, 1.54) is 36.0 Å². The number of amides is 2. The fourth-order valence-electron chi connectivity index (χ4n) is 4.62.